The summed E-state index contributed by atoms with van der Waals surface area (Å²) < 4.78 is 0. The summed E-state index contributed by atoms with van der Waals surface area (Å²) in [7, 11) is 0. The Morgan fingerprint density at radius 2 is 1.86 bits per heavy atom. The molecule has 1 saturated heterocycles. The first kappa shape index (κ1) is 16.0. The van der Waals surface area contributed by atoms with Gasteiger partial charge in [-0.3, -0.25) is 10.1 Å². The van der Waals surface area contributed by atoms with Crippen LogP contribution in [0, 0.1) is 5.92 Å². The zero-order valence-corrected chi connectivity index (χ0v) is 13.7. The molecule has 1 aliphatic heterocycles. The highest BCUT2D eigenvalue weighted by atomic mass is 16.2. The highest BCUT2D eigenvalue weighted by molar-refractivity contribution is 5.86. The van der Waals surface area contributed by atoms with E-state index in [0.29, 0.717) is 5.92 Å². The molecule has 3 atom stereocenters. The summed E-state index contributed by atoms with van der Waals surface area (Å²) in [5.41, 5.74) is 1.07. The van der Waals surface area contributed by atoms with E-state index >= 15 is 0 Å². The smallest absolute Gasteiger partial charge is 0.245 e. The summed E-state index contributed by atoms with van der Waals surface area (Å²) in [6.45, 7) is 8.78. The Hall–Kier alpha value is -1.35. The third-order valence-corrected chi connectivity index (χ3v) is 4.18. The van der Waals surface area contributed by atoms with E-state index in [4.69, 9.17) is 0 Å². The van der Waals surface area contributed by atoms with Crippen molar-refractivity contribution in [2.75, 3.05) is 0 Å². The number of amides is 1. The van der Waals surface area contributed by atoms with Crippen molar-refractivity contribution in [3.05, 3.63) is 35.9 Å². The molecule has 1 amide bonds. The van der Waals surface area contributed by atoms with Crippen LogP contribution in [0.25, 0.3) is 0 Å². The van der Waals surface area contributed by atoms with Gasteiger partial charge in [0.25, 0.3) is 0 Å². The molecule has 0 bridgehead atoms. The lowest BCUT2D eigenvalue weighted by atomic mass is 10.0. The molecular formula is C18H28N2O. The van der Waals surface area contributed by atoms with Crippen LogP contribution in [0.4, 0.5) is 0 Å². The number of nitrogens with one attached hydrogen (secondary N) is 1. The molecule has 2 rings (SSSR count). The lowest BCUT2D eigenvalue weighted by Gasteiger charge is -2.31. The second-order valence-electron chi connectivity index (χ2n) is 6.54. The van der Waals surface area contributed by atoms with Gasteiger partial charge >= 0.3 is 0 Å². The first-order valence-corrected chi connectivity index (χ1v) is 8.17. The Kier molecular flexibility index (Phi) is 5.40. The van der Waals surface area contributed by atoms with Crippen LogP contribution in [0.1, 0.15) is 58.6 Å². The zero-order chi connectivity index (χ0) is 15.4. The van der Waals surface area contributed by atoms with E-state index in [0.717, 1.165) is 24.8 Å². The van der Waals surface area contributed by atoms with Gasteiger partial charge in [0.05, 0.1) is 6.17 Å². The highest BCUT2D eigenvalue weighted by Gasteiger charge is 2.41. The van der Waals surface area contributed by atoms with Gasteiger partial charge < -0.3 is 4.90 Å². The number of rotatable bonds is 6. The SMILES string of the molecule is CCCC1NC(c2ccccc2)C(=O)N1C(C)CC(C)C. The normalized spacial score (nSPS) is 23.9. The summed E-state index contributed by atoms with van der Waals surface area (Å²) in [4.78, 5) is 15.0. The third kappa shape index (κ3) is 3.65. The molecule has 0 radical (unpaired) electrons. The van der Waals surface area contributed by atoms with E-state index in [9.17, 15) is 4.79 Å². The zero-order valence-electron chi connectivity index (χ0n) is 13.7. The predicted octanol–water partition coefficient (Wildman–Crippen LogP) is 3.72. The molecular weight excluding hydrogens is 260 g/mol. The molecule has 1 aliphatic rings. The molecule has 116 valence electrons. The molecule has 1 heterocycles. The average Bonchev–Trinajstić information content (AvgIpc) is 2.76. The van der Waals surface area contributed by atoms with Gasteiger partial charge in [-0.05, 0) is 31.2 Å². The van der Waals surface area contributed by atoms with Gasteiger partial charge in [0.15, 0.2) is 0 Å². The van der Waals surface area contributed by atoms with Gasteiger partial charge in [-0.15, -0.1) is 0 Å². The van der Waals surface area contributed by atoms with Gasteiger partial charge in [-0.25, -0.2) is 0 Å². The highest BCUT2D eigenvalue weighted by Crippen LogP contribution is 2.29. The lowest BCUT2D eigenvalue weighted by Crippen LogP contribution is -2.43. The van der Waals surface area contributed by atoms with E-state index in [1.165, 1.54) is 0 Å². The van der Waals surface area contributed by atoms with Crippen molar-refractivity contribution >= 4 is 5.91 Å². The standard InChI is InChI=1S/C18H28N2O/c1-5-9-16-19-17(15-10-7-6-8-11-15)18(21)20(16)14(4)12-13(2)3/h6-8,10-11,13-14,16-17,19H,5,9,12H2,1-4H3. The molecule has 0 spiro atoms. The minimum absolute atomic E-state index is 0.168. The minimum Gasteiger partial charge on any atom is -0.323 e. The Morgan fingerprint density at radius 1 is 1.19 bits per heavy atom. The Labute approximate surface area is 128 Å². The summed E-state index contributed by atoms with van der Waals surface area (Å²) in [5, 5.41) is 3.54. The largest absolute Gasteiger partial charge is 0.323 e. The van der Waals surface area contributed by atoms with Gasteiger partial charge in [0, 0.05) is 6.04 Å². The molecule has 0 saturated carbocycles. The van der Waals surface area contributed by atoms with E-state index < -0.39 is 0 Å². The molecule has 0 aliphatic carbocycles. The topological polar surface area (TPSA) is 32.3 Å². The molecule has 3 heteroatoms. The van der Waals surface area contributed by atoms with E-state index in [-0.39, 0.29) is 24.2 Å². The van der Waals surface area contributed by atoms with E-state index in [1.807, 2.05) is 30.3 Å². The van der Waals surface area contributed by atoms with Gasteiger partial charge in [-0.2, -0.15) is 0 Å². The fourth-order valence-corrected chi connectivity index (χ4v) is 3.35. The molecule has 1 fully saturated rings. The van der Waals surface area contributed by atoms with Crippen LogP contribution in [0.5, 0.6) is 0 Å². The number of carbonyl (C=O) groups excluding carboxylic acids is 1. The summed E-state index contributed by atoms with van der Waals surface area (Å²) in [5.74, 6) is 0.832. The van der Waals surface area contributed by atoms with Crippen LogP contribution in [-0.2, 0) is 4.79 Å². The minimum atomic E-state index is -0.183. The molecule has 1 aromatic carbocycles. The van der Waals surface area contributed by atoms with Crippen molar-refractivity contribution in [1.82, 2.24) is 10.2 Å². The van der Waals surface area contributed by atoms with Crippen LogP contribution < -0.4 is 5.32 Å². The van der Waals surface area contributed by atoms with Crippen molar-refractivity contribution in [3.63, 3.8) is 0 Å². The number of hydrogen-bond donors (Lipinski definition) is 1. The lowest BCUT2D eigenvalue weighted by molar-refractivity contribution is -0.132. The summed E-state index contributed by atoms with van der Waals surface area (Å²) >= 11 is 0. The quantitative estimate of drug-likeness (QED) is 0.865. The maximum Gasteiger partial charge on any atom is 0.245 e. The van der Waals surface area contributed by atoms with Crippen LogP contribution in [0.15, 0.2) is 30.3 Å². The van der Waals surface area contributed by atoms with Gasteiger partial charge in [-0.1, -0.05) is 57.5 Å². The summed E-state index contributed by atoms with van der Waals surface area (Å²) in [6.07, 6.45) is 3.31. The monoisotopic (exact) mass is 288 g/mol. The van der Waals surface area contributed by atoms with Gasteiger partial charge in [0.1, 0.15) is 6.04 Å². The average molecular weight is 288 g/mol. The van der Waals surface area contributed by atoms with Gasteiger partial charge in [0.2, 0.25) is 5.91 Å². The first-order chi connectivity index (χ1) is 10.0. The van der Waals surface area contributed by atoms with E-state index in [2.05, 4.69) is 37.9 Å². The van der Waals surface area contributed by atoms with Crippen molar-refractivity contribution in [3.8, 4) is 0 Å². The third-order valence-electron chi connectivity index (χ3n) is 4.18. The Bertz CT molecular complexity index is 458. The van der Waals surface area contributed by atoms with Crippen molar-refractivity contribution < 1.29 is 4.79 Å². The number of carbonyl (C=O) groups is 1. The molecule has 1 N–H and O–H groups in total. The first-order valence-electron chi connectivity index (χ1n) is 8.17. The number of nitrogens with zero attached hydrogens (tertiary/aromatic N) is 1. The number of hydrogen-bond acceptors (Lipinski definition) is 2. The van der Waals surface area contributed by atoms with Crippen LogP contribution in [-0.4, -0.2) is 23.0 Å². The molecule has 1 aromatic rings. The van der Waals surface area contributed by atoms with Crippen molar-refractivity contribution in [2.45, 2.75) is 65.2 Å². The fraction of sp³-hybridized carbons (Fsp3) is 0.611. The predicted molar refractivity (Wildman–Crippen MR) is 86.8 cm³/mol. The fourth-order valence-electron chi connectivity index (χ4n) is 3.35. The van der Waals surface area contributed by atoms with Crippen LogP contribution in [0.2, 0.25) is 0 Å². The molecule has 3 nitrogen and oxygen atoms in total. The van der Waals surface area contributed by atoms with Crippen molar-refractivity contribution in [1.29, 1.82) is 0 Å². The van der Waals surface area contributed by atoms with E-state index in [1.54, 1.807) is 0 Å². The second-order valence-corrected chi connectivity index (χ2v) is 6.54. The second kappa shape index (κ2) is 7.08. The molecule has 0 aromatic heterocycles. The van der Waals surface area contributed by atoms with Crippen molar-refractivity contribution in [2.24, 2.45) is 5.92 Å². The maximum atomic E-state index is 12.9. The molecule has 21 heavy (non-hydrogen) atoms. The van der Waals surface area contributed by atoms with Crippen LogP contribution >= 0.6 is 0 Å². The van der Waals surface area contributed by atoms with Crippen LogP contribution in [0.3, 0.4) is 0 Å². The summed E-state index contributed by atoms with van der Waals surface area (Å²) in [6, 6.07) is 10.2. The Balaban J connectivity index is 2.20. The molecule has 3 unspecified atom stereocenters. The maximum absolute atomic E-state index is 12.9. The number of benzene rings is 1. The Morgan fingerprint density at radius 3 is 2.43 bits per heavy atom.